The van der Waals surface area contributed by atoms with Crippen LogP contribution in [0.3, 0.4) is 0 Å². The molecule has 0 spiro atoms. The minimum Gasteiger partial charge on any atom is -0.293 e. The number of ketones is 1. The predicted octanol–water partition coefficient (Wildman–Crippen LogP) is 3.00. The highest BCUT2D eigenvalue weighted by atomic mass is 32.2. The topological polar surface area (TPSA) is 51.2 Å². The summed E-state index contributed by atoms with van der Waals surface area (Å²) in [4.78, 5) is 12.0. The molecule has 0 bridgehead atoms. The second-order valence-electron chi connectivity index (χ2n) is 5.63. The van der Waals surface area contributed by atoms with Crippen molar-refractivity contribution >= 4 is 15.6 Å². The molecule has 0 amide bonds. The molecule has 0 heterocycles. The van der Waals surface area contributed by atoms with Crippen molar-refractivity contribution in [2.45, 2.75) is 37.9 Å². The van der Waals surface area contributed by atoms with Gasteiger partial charge in [0, 0.05) is 5.56 Å². The van der Waals surface area contributed by atoms with Crippen LogP contribution in [0.2, 0.25) is 0 Å². The fourth-order valence-electron chi connectivity index (χ4n) is 2.75. The zero-order chi connectivity index (χ0) is 14.8. The molecule has 0 radical (unpaired) electrons. The Morgan fingerprint density at radius 1 is 1.35 bits per heavy atom. The monoisotopic (exact) mass is 298 g/mol. The molecular formula is C15H19FO3S. The average molecular weight is 298 g/mol. The molecule has 0 N–H and O–H groups in total. The van der Waals surface area contributed by atoms with E-state index < -0.39 is 32.4 Å². The smallest absolute Gasteiger partial charge is 0.177 e. The zero-order valence-electron chi connectivity index (χ0n) is 11.5. The summed E-state index contributed by atoms with van der Waals surface area (Å²) in [5, 5.41) is -0.427. The van der Waals surface area contributed by atoms with E-state index in [-0.39, 0.29) is 5.56 Å². The number of sulfone groups is 1. The van der Waals surface area contributed by atoms with Crippen LogP contribution in [0, 0.1) is 11.7 Å². The maximum Gasteiger partial charge on any atom is 0.177 e. The lowest BCUT2D eigenvalue weighted by atomic mass is 9.91. The van der Waals surface area contributed by atoms with Crippen molar-refractivity contribution in [1.29, 1.82) is 0 Å². The predicted molar refractivity (Wildman–Crippen MR) is 75.9 cm³/mol. The maximum absolute atomic E-state index is 13.1. The SMILES string of the molecule is CC1CCCC(S(=O)(=O)CC(=O)c2cccc(F)c2)C1. The number of hydrogen-bond donors (Lipinski definition) is 0. The molecule has 0 aliphatic heterocycles. The summed E-state index contributed by atoms with van der Waals surface area (Å²) in [7, 11) is -3.45. The summed E-state index contributed by atoms with van der Waals surface area (Å²) >= 11 is 0. The van der Waals surface area contributed by atoms with Crippen molar-refractivity contribution in [3.8, 4) is 0 Å². The lowest BCUT2D eigenvalue weighted by molar-refractivity contribution is 0.102. The van der Waals surface area contributed by atoms with Crippen molar-refractivity contribution in [1.82, 2.24) is 0 Å². The molecule has 2 unspecified atom stereocenters. The van der Waals surface area contributed by atoms with Crippen LogP contribution in [0.15, 0.2) is 24.3 Å². The second kappa shape index (κ2) is 6.04. The molecule has 1 fully saturated rings. The summed E-state index contributed by atoms with van der Waals surface area (Å²) in [5.41, 5.74) is 0.123. The molecule has 1 saturated carbocycles. The van der Waals surface area contributed by atoms with Crippen molar-refractivity contribution in [3.05, 3.63) is 35.6 Å². The number of benzene rings is 1. The van der Waals surface area contributed by atoms with Crippen molar-refractivity contribution in [3.63, 3.8) is 0 Å². The van der Waals surface area contributed by atoms with Crippen LogP contribution in [0.25, 0.3) is 0 Å². The Morgan fingerprint density at radius 2 is 2.10 bits per heavy atom. The van der Waals surface area contributed by atoms with Gasteiger partial charge in [0.2, 0.25) is 0 Å². The van der Waals surface area contributed by atoms with Gasteiger partial charge < -0.3 is 0 Å². The number of carbonyl (C=O) groups is 1. The van der Waals surface area contributed by atoms with E-state index in [9.17, 15) is 17.6 Å². The molecule has 1 aromatic rings. The van der Waals surface area contributed by atoms with Crippen LogP contribution < -0.4 is 0 Å². The third-order valence-electron chi connectivity index (χ3n) is 3.88. The first-order valence-electron chi connectivity index (χ1n) is 6.89. The molecule has 2 rings (SSSR count). The van der Waals surface area contributed by atoms with Gasteiger partial charge in [-0.2, -0.15) is 0 Å². The Balaban J connectivity index is 2.10. The molecule has 2 atom stereocenters. The van der Waals surface area contributed by atoms with Crippen LogP contribution in [-0.4, -0.2) is 25.2 Å². The first-order valence-corrected chi connectivity index (χ1v) is 8.60. The molecule has 5 heteroatoms. The first kappa shape index (κ1) is 15.2. The van der Waals surface area contributed by atoms with Crippen LogP contribution >= 0.6 is 0 Å². The third-order valence-corrected chi connectivity index (χ3v) is 5.98. The number of halogens is 1. The summed E-state index contributed by atoms with van der Waals surface area (Å²) < 4.78 is 37.6. The maximum atomic E-state index is 13.1. The highest BCUT2D eigenvalue weighted by Gasteiger charge is 2.32. The molecule has 20 heavy (non-hydrogen) atoms. The van der Waals surface area contributed by atoms with Gasteiger partial charge in [0.25, 0.3) is 0 Å². The van der Waals surface area contributed by atoms with Crippen LogP contribution in [0.4, 0.5) is 4.39 Å². The van der Waals surface area contributed by atoms with Crippen LogP contribution in [0.1, 0.15) is 43.0 Å². The number of rotatable bonds is 4. The summed E-state index contributed by atoms with van der Waals surface area (Å²) in [5.74, 6) is -1.19. The van der Waals surface area contributed by atoms with Gasteiger partial charge in [-0.05, 0) is 30.9 Å². The summed E-state index contributed by atoms with van der Waals surface area (Å²) in [6.45, 7) is 2.04. The summed E-state index contributed by atoms with van der Waals surface area (Å²) in [6.07, 6.45) is 3.19. The highest BCUT2D eigenvalue weighted by Crippen LogP contribution is 2.29. The van der Waals surface area contributed by atoms with Crippen molar-refractivity contribution < 1.29 is 17.6 Å². The Morgan fingerprint density at radius 3 is 2.75 bits per heavy atom. The minimum atomic E-state index is -3.45. The van der Waals surface area contributed by atoms with Crippen molar-refractivity contribution in [2.75, 3.05) is 5.75 Å². The van der Waals surface area contributed by atoms with Gasteiger partial charge in [-0.25, -0.2) is 12.8 Å². The number of hydrogen-bond acceptors (Lipinski definition) is 3. The van der Waals surface area contributed by atoms with Crippen molar-refractivity contribution in [2.24, 2.45) is 5.92 Å². The van der Waals surface area contributed by atoms with Gasteiger partial charge in [0.15, 0.2) is 15.6 Å². The van der Waals surface area contributed by atoms with Gasteiger partial charge in [0.05, 0.1) is 5.25 Å². The Kier molecular flexibility index (Phi) is 4.58. The zero-order valence-corrected chi connectivity index (χ0v) is 12.3. The first-order chi connectivity index (χ1) is 9.38. The standard InChI is InChI=1S/C15H19FO3S/c1-11-4-2-7-14(8-11)20(18,19)10-15(17)12-5-3-6-13(16)9-12/h3,5-6,9,11,14H,2,4,7-8,10H2,1H3. The minimum absolute atomic E-state index is 0.123. The lowest BCUT2D eigenvalue weighted by Gasteiger charge is -2.26. The molecule has 3 nitrogen and oxygen atoms in total. The van der Waals surface area contributed by atoms with Gasteiger partial charge >= 0.3 is 0 Å². The van der Waals surface area contributed by atoms with E-state index in [1.54, 1.807) is 0 Å². The Hall–Kier alpha value is -1.23. The fourth-order valence-corrected chi connectivity index (χ4v) is 4.67. The molecule has 1 aliphatic rings. The fraction of sp³-hybridized carbons (Fsp3) is 0.533. The lowest BCUT2D eigenvalue weighted by Crippen LogP contribution is -2.32. The Labute approximate surface area is 119 Å². The molecule has 0 aromatic heterocycles. The van der Waals surface area contributed by atoms with Gasteiger partial charge in [-0.1, -0.05) is 31.9 Å². The molecule has 0 saturated heterocycles. The third kappa shape index (κ3) is 3.66. The molecule has 1 aromatic carbocycles. The number of Topliss-reactive ketones (excluding diaryl/α,β-unsaturated/α-hetero) is 1. The van der Waals surface area contributed by atoms with E-state index >= 15 is 0 Å². The van der Waals surface area contributed by atoms with E-state index in [4.69, 9.17) is 0 Å². The van der Waals surface area contributed by atoms with Gasteiger partial charge in [0.1, 0.15) is 11.6 Å². The van der Waals surface area contributed by atoms with Crippen LogP contribution in [0.5, 0.6) is 0 Å². The normalized spacial score (nSPS) is 23.5. The van der Waals surface area contributed by atoms with Gasteiger partial charge in [-0.15, -0.1) is 0 Å². The van der Waals surface area contributed by atoms with Crippen LogP contribution in [-0.2, 0) is 9.84 Å². The molecular weight excluding hydrogens is 279 g/mol. The second-order valence-corrected chi connectivity index (χ2v) is 7.92. The molecule has 1 aliphatic carbocycles. The average Bonchev–Trinajstić information content (AvgIpc) is 2.38. The Bertz CT molecular complexity index is 595. The van der Waals surface area contributed by atoms with E-state index in [1.165, 1.54) is 18.2 Å². The molecule has 110 valence electrons. The van der Waals surface area contributed by atoms with E-state index in [0.717, 1.165) is 18.9 Å². The quantitative estimate of drug-likeness (QED) is 0.803. The van der Waals surface area contributed by atoms with E-state index in [0.29, 0.717) is 18.8 Å². The van der Waals surface area contributed by atoms with Gasteiger partial charge in [-0.3, -0.25) is 4.79 Å². The van der Waals surface area contributed by atoms with E-state index in [2.05, 4.69) is 0 Å². The summed E-state index contributed by atoms with van der Waals surface area (Å²) in [6, 6.07) is 5.18. The number of carbonyl (C=O) groups excluding carboxylic acids is 1. The van der Waals surface area contributed by atoms with E-state index in [1.807, 2.05) is 6.92 Å². The highest BCUT2D eigenvalue weighted by molar-refractivity contribution is 7.92. The largest absolute Gasteiger partial charge is 0.293 e.